The van der Waals surface area contributed by atoms with Crippen molar-refractivity contribution < 1.29 is 9.59 Å². The van der Waals surface area contributed by atoms with Crippen LogP contribution in [0, 0.1) is 17.8 Å². The second-order valence-electron chi connectivity index (χ2n) is 9.01. The summed E-state index contributed by atoms with van der Waals surface area (Å²) in [6.07, 6.45) is 10.9. The molecule has 4 aliphatic rings. The molecule has 0 aromatic carbocycles. The molecule has 4 rings (SSSR count). The van der Waals surface area contributed by atoms with E-state index in [1.165, 1.54) is 38.5 Å². The summed E-state index contributed by atoms with van der Waals surface area (Å²) in [5.74, 6) is 2.09. The Balaban J connectivity index is 1.36. The van der Waals surface area contributed by atoms with E-state index in [-0.39, 0.29) is 23.9 Å². The number of fused-ring (bicyclic) bond motifs is 2. The largest absolute Gasteiger partial charge is 0.353 e. The van der Waals surface area contributed by atoms with Crippen molar-refractivity contribution in [1.29, 1.82) is 0 Å². The zero-order chi connectivity index (χ0) is 17.4. The number of hydrogen-bond acceptors (Lipinski definition) is 3. The van der Waals surface area contributed by atoms with Crippen LogP contribution in [0.5, 0.6) is 0 Å². The third kappa shape index (κ3) is 3.71. The Bertz CT molecular complexity index is 523. The number of amides is 2. The van der Waals surface area contributed by atoms with Crippen LogP contribution in [0.15, 0.2) is 0 Å². The van der Waals surface area contributed by atoms with Gasteiger partial charge >= 0.3 is 0 Å². The lowest BCUT2D eigenvalue weighted by Gasteiger charge is -2.31. The van der Waals surface area contributed by atoms with Crippen LogP contribution in [0.1, 0.15) is 71.1 Å². The van der Waals surface area contributed by atoms with E-state index in [1.54, 1.807) is 0 Å². The number of carbonyl (C=O) groups excluding carboxylic acids is 2. The van der Waals surface area contributed by atoms with Crippen molar-refractivity contribution in [2.45, 2.75) is 95.3 Å². The van der Waals surface area contributed by atoms with Gasteiger partial charge < -0.3 is 16.0 Å². The van der Waals surface area contributed by atoms with E-state index in [0.717, 1.165) is 19.3 Å². The Morgan fingerprint density at radius 2 is 1.84 bits per heavy atom. The van der Waals surface area contributed by atoms with Gasteiger partial charge in [0.1, 0.15) is 0 Å². The predicted octanol–water partition coefficient (Wildman–Crippen LogP) is 2.11. The maximum absolute atomic E-state index is 12.8. The predicted molar refractivity (Wildman–Crippen MR) is 96.9 cm³/mol. The van der Waals surface area contributed by atoms with Crippen molar-refractivity contribution in [2.24, 2.45) is 17.8 Å². The van der Waals surface area contributed by atoms with Gasteiger partial charge in [0.25, 0.3) is 0 Å². The van der Waals surface area contributed by atoms with E-state index in [0.29, 0.717) is 36.3 Å². The molecule has 0 aromatic heterocycles. The number of rotatable bonds is 2. The van der Waals surface area contributed by atoms with Gasteiger partial charge in [-0.05, 0) is 56.3 Å². The summed E-state index contributed by atoms with van der Waals surface area (Å²) in [6.45, 7) is 2.31. The first-order valence-corrected chi connectivity index (χ1v) is 10.5. The molecule has 140 valence electrons. The SMILES string of the molecule is CC1CCCC2CC(C(=O)NC3CC(=O)NC4CCCCC4C3)NC12. The molecular weight excluding hydrogens is 314 g/mol. The van der Waals surface area contributed by atoms with Crippen molar-refractivity contribution in [3.63, 3.8) is 0 Å². The van der Waals surface area contributed by atoms with Gasteiger partial charge in [-0.3, -0.25) is 9.59 Å². The van der Waals surface area contributed by atoms with Crippen LogP contribution in [-0.4, -0.2) is 36.0 Å². The van der Waals surface area contributed by atoms with Crippen molar-refractivity contribution in [2.75, 3.05) is 0 Å². The van der Waals surface area contributed by atoms with Crippen LogP contribution in [-0.2, 0) is 9.59 Å². The molecule has 5 nitrogen and oxygen atoms in total. The number of carbonyl (C=O) groups is 2. The molecule has 2 saturated carbocycles. The minimum absolute atomic E-state index is 0.00227. The molecule has 2 heterocycles. The second-order valence-corrected chi connectivity index (χ2v) is 9.01. The summed E-state index contributed by atoms with van der Waals surface area (Å²) in [5.41, 5.74) is 0. The van der Waals surface area contributed by atoms with Crippen LogP contribution >= 0.6 is 0 Å². The zero-order valence-electron chi connectivity index (χ0n) is 15.4. The quantitative estimate of drug-likeness (QED) is 0.716. The molecule has 4 fully saturated rings. The molecule has 25 heavy (non-hydrogen) atoms. The summed E-state index contributed by atoms with van der Waals surface area (Å²) >= 11 is 0. The Labute approximate surface area is 151 Å². The van der Waals surface area contributed by atoms with Gasteiger partial charge in [0.2, 0.25) is 11.8 Å². The van der Waals surface area contributed by atoms with Crippen LogP contribution in [0.2, 0.25) is 0 Å². The number of hydrogen-bond donors (Lipinski definition) is 3. The fraction of sp³-hybridized carbons (Fsp3) is 0.900. The highest BCUT2D eigenvalue weighted by molar-refractivity contribution is 5.84. The van der Waals surface area contributed by atoms with Crippen LogP contribution in [0.3, 0.4) is 0 Å². The smallest absolute Gasteiger partial charge is 0.237 e. The standard InChI is InChI=1S/C20H33N3O2/c1-12-5-4-7-14-10-17(23-19(12)14)20(25)21-15-9-13-6-2-3-8-16(13)22-18(24)11-15/h12-17,19,23H,2-11H2,1H3,(H,21,25)(H,22,24). The molecule has 5 heteroatoms. The molecule has 0 bridgehead atoms. The summed E-state index contributed by atoms with van der Waals surface area (Å²) in [7, 11) is 0. The highest BCUT2D eigenvalue weighted by atomic mass is 16.2. The van der Waals surface area contributed by atoms with Crippen molar-refractivity contribution in [3.8, 4) is 0 Å². The van der Waals surface area contributed by atoms with Crippen LogP contribution < -0.4 is 16.0 Å². The Kier molecular flexibility index (Phi) is 5.03. The van der Waals surface area contributed by atoms with Gasteiger partial charge in [0, 0.05) is 24.5 Å². The van der Waals surface area contributed by atoms with Crippen molar-refractivity contribution in [3.05, 3.63) is 0 Å². The maximum Gasteiger partial charge on any atom is 0.237 e. The van der Waals surface area contributed by atoms with Crippen LogP contribution in [0.4, 0.5) is 0 Å². The highest BCUT2D eigenvalue weighted by Gasteiger charge is 2.42. The molecule has 2 saturated heterocycles. The third-order valence-electron chi connectivity index (χ3n) is 7.22. The Morgan fingerprint density at radius 3 is 2.68 bits per heavy atom. The maximum atomic E-state index is 12.8. The fourth-order valence-corrected chi connectivity index (χ4v) is 5.91. The van der Waals surface area contributed by atoms with E-state index >= 15 is 0 Å². The van der Waals surface area contributed by atoms with E-state index in [4.69, 9.17) is 0 Å². The average Bonchev–Trinajstić information content (AvgIpc) is 2.95. The average molecular weight is 348 g/mol. The monoisotopic (exact) mass is 347 g/mol. The van der Waals surface area contributed by atoms with Gasteiger partial charge in [-0.25, -0.2) is 0 Å². The van der Waals surface area contributed by atoms with Crippen molar-refractivity contribution >= 4 is 11.8 Å². The zero-order valence-corrected chi connectivity index (χ0v) is 15.4. The summed E-state index contributed by atoms with van der Waals surface area (Å²) in [4.78, 5) is 25.1. The van der Waals surface area contributed by atoms with E-state index in [9.17, 15) is 9.59 Å². The molecular formula is C20H33N3O2. The van der Waals surface area contributed by atoms with Gasteiger partial charge in [-0.1, -0.05) is 26.2 Å². The first-order valence-electron chi connectivity index (χ1n) is 10.5. The highest BCUT2D eigenvalue weighted by Crippen LogP contribution is 2.37. The minimum atomic E-state index is -0.0657. The van der Waals surface area contributed by atoms with Gasteiger partial charge in [-0.2, -0.15) is 0 Å². The lowest BCUT2D eigenvalue weighted by molar-refractivity contribution is -0.124. The van der Waals surface area contributed by atoms with E-state index in [1.807, 2.05) is 0 Å². The summed E-state index contributed by atoms with van der Waals surface area (Å²) < 4.78 is 0. The molecule has 3 N–H and O–H groups in total. The van der Waals surface area contributed by atoms with Crippen molar-refractivity contribution in [1.82, 2.24) is 16.0 Å². The molecule has 2 aliphatic carbocycles. The molecule has 0 radical (unpaired) electrons. The lowest BCUT2D eigenvalue weighted by atomic mass is 9.78. The normalized spacial score (nSPS) is 44.2. The number of nitrogens with one attached hydrogen (secondary N) is 3. The minimum Gasteiger partial charge on any atom is -0.353 e. The topological polar surface area (TPSA) is 70.2 Å². The second kappa shape index (κ2) is 7.26. The summed E-state index contributed by atoms with van der Waals surface area (Å²) in [6, 6.07) is 0.771. The van der Waals surface area contributed by atoms with E-state index in [2.05, 4.69) is 22.9 Å². The summed E-state index contributed by atoms with van der Waals surface area (Å²) in [5, 5.41) is 10.0. The van der Waals surface area contributed by atoms with E-state index < -0.39 is 0 Å². The van der Waals surface area contributed by atoms with Crippen LogP contribution in [0.25, 0.3) is 0 Å². The van der Waals surface area contributed by atoms with Gasteiger partial charge in [0.15, 0.2) is 0 Å². The fourth-order valence-electron chi connectivity index (χ4n) is 5.91. The van der Waals surface area contributed by atoms with Gasteiger partial charge in [-0.15, -0.1) is 0 Å². The first kappa shape index (κ1) is 17.3. The van der Waals surface area contributed by atoms with Gasteiger partial charge in [0.05, 0.1) is 6.04 Å². The Morgan fingerprint density at radius 1 is 1.04 bits per heavy atom. The first-order chi connectivity index (χ1) is 12.1. The molecule has 2 amide bonds. The lowest BCUT2D eigenvalue weighted by Crippen LogP contribution is -2.48. The molecule has 0 aromatic rings. The molecule has 0 spiro atoms. The molecule has 2 aliphatic heterocycles. The third-order valence-corrected chi connectivity index (χ3v) is 7.22. The molecule has 7 atom stereocenters. The molecule has 7 unspecified atom stereocenters. The Hall–Kier alpha value is -1.10.